The van der Waals surface area contributed by atoms with E-state index >= 15 is 0 Å². The van der Waals surface area contributed by atoms with Crippen LogP contribution in [0.25, 0.3) is 27.8 Å². The summed E-state index contributed by atoms with van der Waals surface area (Å²) >= 11 is 1.24. The van der Waals surface area contributed by atoms with Crippen molar-refractivity contribution in [1.82, 2.24) is 19.6 Å². The lowest BCUT2D eigenvalue weighted by atomic mass is 10.1. The zero-order chi connectivity index (χ0) is 17.9. The molecule has 0 fully saturated rings. The van der Waals surface area contributed by atoms with Gasteiger partial charge in [0.1, 0.15) is 0 Å². The number of rotatable bonds is 5. The number of nitrogens with zero attached hydrogens (tertiary/aromatic N) is 4. The molecule has 0 saturated heterocycles. The average Bonchev–Trinajstić information content (AvgIpc) is 3.09. The van der Waals surface area contributed by atoms with Crippen molar-refractivity contribution < 1.29 is 9.53 Å². The Labute approximate surface area is 154 Å². The molecule has 0 radical (unpaired) electrons. The number of ether oxygens (including phenoxy) is 1. The fourth-order valence-electron chi connectivity index (χ4n) is 2.73. The van der Waals surface area contributed by atoms with Gasteiger partial charge in [0, 0.05) is 11.8 Å². The zero-order valence-electron chi connectivity index (χ0n) is 14.1. The first-order chi connectivity index (χ1) is 12.7. The Morgan fingerprint density at radius 1 is 1.15 bits per heavy atom. The van der Waals surface area contributed by atoms with E-state index < -0.39 is 0 Å². The number of carbonyl (C=O) groups excluding carboxylic acids is 1. The van der Waals surface area contributed by atoms with Crippen LogP contribution in [-0.2, 0) is 9.53 Å². The standard InChI is InChI=1S/C19H16N4O2S/c1-2-25-17(24)12-26-19-21-18-20-10-9-16(23(18)22-19)15-8-7-13-5-3-4-6-14(13)11-15/h3-11H,2,12H2,1H3. The molecule has 2 heterocycles. The van der Waals surface area contributed by atoms with Crippen LogP contribution in [0.2, 0.25) is 0 Å². The van der Waals surface area contributed by atoms with Gasteiger partial charge in [-0.1, -0.05) is 48.2 Å². The van der Waals surface area contributed by atoms with Crippen molar-refractivity contribution in [3.8, 4) is 11.3 Å². The second kappa shape index (κ2) is 7.13. The molecule has 0 aliphatic rings. The predicted octanol–water partition coefficient (Wildman–Crippen LogP) is 3.60. The van der Waals surface area contributed by atoms with Crippen LogP contribution in [0.15, 0.2) is 59.9 Å². The lowest BCUT2D eigenvalue weighted by molar-refractivity contribution is -0.139. The summed E-state index contributed by atoms with van der Waals surface area (Å²) in [7, 11) is 0. The van der Waals surface area contributed by atoms with E-state index in [1.807, 2.05) is 18.2 Å². The lowest BCUT2D eigenvalue weighted by Gasteiger charge is -2.05. The summed E-state index contributed by atoms with van der Waals surface area (Å²) in [6.45, 7) is 2.15. The SMILES string of the molecule is CCOC(=O)CSc1nc2nccc(-c3ccc4ccccc4c3)n2n1. The summed E-state index contributed by atoms with van der Waals surface area (Å²) in [4.78, 5) is 20.2. The summed E-state index contributed by atoms with van der Waals surface area (Å²) in [6.07, 6.45) is 1.72. The third kappa shape index (κ3) is 3.25. The molecule has 0 aliphatic heterocycles. The van der Waals surface area contributed by atoms with Crippen LogP contribution in [0.1, 0.15) is 6.92 Å². The fourth-order valence-corrected chi connectivity index (χ4v) is 3.35. The van der Waals surface area contributed by atoms with Gasteiger partial charge in [0.15, 0.2) is 0 Å². The van der Waals surface area contributed by atoms with E-state index in [1.165, 1.54) is 17.1 Å². The molecule has 0 unspecified atom stereocenters. The molecule has 2 aromatic heterocycles. The minimum Gasteiger partial charge on any atom is -0.465 e. The van der Waals surface area contributed by atoms with Crippen LogP contribution < -0.4 is 0 Å². The molecule has 130 valence electrons. The van der Waals surface area contributed by atoms with Gasteiger partial charge in [-0.05, 0) is 29.8 Å². The smallest absolute Gasteiger partial charge is 0.316 e. The number of aromatic nitrogens is 4. The van der Waals surface area contributed by atoms with Crippen molar-refractivity contribution in [2.75, 3.05) is 12.4 Å². The van der Waals surface area contributed by atoms with Crippen molar-refractivity contribution in [3.63, 3.8) is 0 Å². The summed E-state index contributed by atoms with van der Waals surface area (Å²) in [5, 5.41) is 7.34. The topological polar surface area (TPSA) is 69.4 Å². The molecule has 6 nitrogen and oxygen atoms in total. The van der Waals surface area contributed by atoms with Crippen LogP contribution in [0, 0.1) is 0 Å². The first-order valence-electron chi connectivity index (χ1n) is 8.24. The minimum atomic E-state index is -0.279. The number of thioether (sulfide) groups is 1. The Kier molecular flexibility index (Phi) is 4.53. The predicted molar refractivity (Wildman–Crippen MR) is 101 cm³/mol. The molecule has 7 heteroatoms. The van der Waals surface area contributed by atoms with Crippen LogP contribution in [0.4, 0.5) is 0 Å². The van der Waals surface area contributed by atoms with Crippen LogP contribution in [0.3, 0.4) is 0 Å². The Morgan fingerprint density at radius 3 is 2.85 bits per heavy atom. The molecule has 0 amide bonds. The van der Waals surface area contributed by atoms with Gasteiger partial charge in [0.2, 0.25) is 5.16 Å². The minimum absolute atomic E-state index is 0.177. The van der Waals surface area contributed by atoms with Crippen LogP contribution >= 0.6 is 11.8 Å². The van der Waals surface area contributed by atoms with E-state index in [0.717, 1.165) is 16.6 Å². The van der Waals surface area contributed by atoms with E-state index in [1.54, 1.807) is 17.6 Å². The molecule has 0 aliphatic carbocycles. The van der Waals surface area contributed by atoms with Crippen molar-refractivity contribution in [3.05, 3.63) is 54.7 Å². The molecule has 0 spiro atoms. The van der Waals surface area contributed by atoms with Gasteiger partial charge in [-0.15, -0.1) is 5.10 Å². The monoisotopic (exact) mass is 364 g/mol. The van der Waals surface area contributed by atoms with E-state index in [9.17, 15) is 4.79 Å². The molecule has 0 N–H and O–H groups in total. The Hall–Kier alpha value is -2.93. The molecule has 0 bridgehead atoms. The number of benzene rings is 2. The molecule has 2 aromatic carbocycles. The van der Waals surface area contributed by atoms with Crippen molar-refractivity contribution >= 4 is 34.3 Å². The Morgan fingerprint density at radius 2 is 2.00 bits per heavy atom. The number of esters is 1. The second-order valence-corrected chi connectivity index (χ2v) is 6.53. The van der Waals surface area contributed by atoms with Crippen molar-refractivity contribution in [2.45, 2.75) is 12.1 Å². The number of hydrogen-bond donors (Lipinski definition) is 0. The quantitative estimate of drug-likeness (QED) is 0.398. The molecule has 26 heavy (non-hydrogen) atoms. The van der Waals surface area contributed by atoms with Gasteiger partial charge >= 0.3 is 5.97 Å². The van der Waals surface area contributed by atoms with Gasteiger partial charge in [0.25, 0.3) is 5.78 Å². The van der Waals surface area contributed by atoms with E-state index in [-0.39, 0.29) is 11.7 Å². The molecular weight excluding hydrogens is 348 g/mol. The molecule has 4 aromatic rings. The molecule has 0 atom stereocenters. The van der Waals surface area contributed by atoms with Gasteiger partial charge in [0.05, 0.1) is 18.1 Å². The number of fused-ring (bicyclic) bond motifs is 2. The highest BCUT2D eigenvalue weighted by Gasteiger charge is 2.12. The number of carbonyl (C=O) groups is 1. The average molecular weight is 364 g/mol. The van der Waals surface area contributed by atoms with Crippen molar-refractivity contribution in [2.24, 2.45) is 0 Å². The van der Waals surface area contributed by atoms with E-state index in [2.05, 4.69) is 45.4 Å². The van der Waals surface area contributed by atoms with Gasteiger partial charge in [-0.25, -0.2) is 4.98 Å². The van der Waals surface area contributed by atoms with Crippen molar-refractivity contribution in [1.29, 1.82) is 0 Å². The third-order valence-corrected chi connectivity index (χ3v) is 4.70. The maximum atomic E-state index is 11.5. The highest BCUT2D eigenvalue weighted by molar-refractivity contribution is 7.99. The largest absolute Gasteiger partial charge is 0.465 e. The third-order valence-electron chi connectivity index (χ3n) is 3.89. The zero-order valence-corrected chi connectivity index (χ0v) is 14.9. The normalized spacial score (nSPS) is 11.1. The lowest BCUT2D eigenvalue weighted by Crippen LogP contribution is -2.06. The maximum Gasteiger partial charge on any atom is 0.316 e. The summed E-state index contributed by atoms with van der Waals surface area (Å²) in [5.41, 5.74) is 1.93. The maximum absolute atomic E-state index is 11.5. The number of hydrogen-bond acceptors (Lipinski definition) is 6. The summed E-state index contributed by atoms with van der Waals surface area (Å²) in [6, 6.07) is 16.4. The van der Waals surface area contributed by atoms with Gasteiger partial charge < -0.3 is 4.74 Å². The van der Waals surface area contributed by atoms with Gasteiger partial charge in [-0.3, -0.25) is 4.79 Å². The molecule has 0 saturated carbocycles. The first kappa shape index (κ1) is 16.5. The first-order valence-corrected chi connectivity index (χ1v) is 9.22. The summed E-state index contributed by atoms with van der Waals surface area (Å²) < 4.78 is 6.64. The fraction of sp³-hybridized carbons (Fsp3) is 0.158. The van der Waals surface area contributed by atoms with Crippen LogP contribution in [-0.4, -0.2) is 37.9 Å². The van der Waals surface area contributed by atoms with Crippen LogP contribution in [0.5, 0.6) is 0 Å². The van der Waals surface area contributed by atoms with E-state index in [4.69, 9.17) is 4.74 Å². The highest BCUT2D eigenvalue weighted by Crippen LogP contribution is 2.25. The van der Waals surface area contributed by atoms with Gasteiger partial charge in [-0.2, -0.15) is 9.50 Å². The summed E-state index contributed by atoms with van der Waals surface area (Å²) in [5.74, 6) is 0.400. The Balaban J connectivity index is 1.69. The molecule has 4 rings (SSSR count). The Bertz CT molecular complexity index is 1090. The molecular formula is C19H16N4O2S. The second-order valence-electron chi connectivity index (χ2n) is 5.59. The van der Waals surface area contributed by atoms with E-state index in [0.29, 0.717) is 17.5 Å². The highest BCUT2D eigenvalue weighted by atomic mass is 32.2.